The molecule has 0 radical (unpaired) electrons. The third-order valence-corrected chi connectivity index (χ3v) is 5.89. The number of aromatic nitrogens is 2. The standard InChI is InChI=1S/C26H22Cl2N2O3/c1-32-21-11-5-18(6-12-21)23-16-25(31)30(24(28)15-17-3-9-20(27)10-4-17)29-26(23)19-7-13-22(33-2)14-8-19/h3-14,16,24H,15H2,1-2H3. The minimum absolute atomic E-state index is 0.285. The van der Waals surface area contributed by atoms with Crippen LogP contribution < -0.4 is 15.0 Å². The van der Waals surface area contributed by atoms with Gasteiger partial charge in [-0.05, 0) is 59.7 Å². The number of rotatable bonds is 7. The van der Waals surface area contributed by atoms with E-state index >= 15 is 0 Å². The van der Waals surface area contributed by atoms with Crippen molar-refractivity contribution in [3.63, 3.8) is 0 Å². The number of hydrogen-bond acceptors (Lipinski definition) is 4. The molecular formula is C26H22Cl2N2O3. The zero-order chi connectivity index (χ0) is 23.4. The van der Waals surface area contributed by atoms with Crippen molar-refractivity contribution in [2.75, 3.05) is 14.2 Å². The van der Waals surface area contributed by atoms with E-state index < -0.39 is 5.50 Å². The molecule has 0 N–H and O–H groups in total. The smallest absolute Gasteiger partial charge is 0.268 e. The van der Waals surface area contributed by atoms with Crippen LogP contribution in [0.2, 0.25) is 5.02 Å². The van der Waals surface area contributed by atoms with Crippen LogP contribution >= 0.6 is 23.2 Å². The molecule has 5 nitrogen and oxygen atoms in total. The van der Waals surface area contributed by atoms with E-state index in [0.717, 1.165) is 28.2 Å². The molecule has 1 atom stereocenters. The number of halogens is 2. The van der Waals surface area contributed by atoms with Gasteiger partial charge in [0.1, 0.15) is 17.0 Å². The van der Waals surface area contributed by atoms with Crippen molar-refractivity contribution < 1.29 is 9.47 Å². The summed E-state index contributed by atoms with van der Waals surface area (Å²) in [5, 5.41) is 5.35. The third-order valence-electron chi connectivity index (χ3n) is 5.30. The maximum atomic E-state index is 13.1. The van der Waals surface area contributed by atoms with Gasteiger partial charge in [0.15, 0.2) is 0 Å². The molecule has 168 valence electrons. The van der Waals surface area contributed by atoms with E-state index in [-0.39, 0.29) is 5.56 Å². The molecule has 0 aliphatic carbocycles. The lowest BCUT2D eigenvalue weighted by atomic mass is 10.00. The van der Waals surface area contributed by atoms with E-state index in [1.54, 1.807) is 32.4 Å². The molecule has 0 saturated carbocycles. The Morgan fingerprint density at radius 3 is 1.94 bits per heavy atom. The summed E-state index contributed by atoms with van der Waals surface area (Å²) >= 11 is 12.6. The van der Waals surface area contributed by atoms with Crippen LogP contribution in [0.15, 0.2) is 83.7 Å². The fourth-order valence-electron chi connectivity index (χ4n) is 3.52. The topological polar surface area (TPSA) is 53.4 Å². The second kappa shape index (κ2) is 10.1. The molecule has 0 amide bonds. The van der Waals surface area contributed by atoms with E-state index in [1.165, 1.54) is 4.68 Å². The first-order valence-corrected chi connectivity index (χ1v) is 11.1. The molecule has 0 fully saturated rings. The molecule has 3 aromatic carbocycles. The Morgan fingerprint density at radius 1 is 0.848 bits per heavy atom. The molecule has 0 bridgehead atoms. The van der Waals surface area contributed by atoms with Gasteiger partial charge in [0.25, 0.3) is 5.56 Å². The highest BCUT2D eigenvalue weighted by molar-refractivity contribution is 6.30. The fourth-order valence-corrected chi connectivity index (χ4v) is 3.97. The van der Waals surface area contributed by atoms with Crippen LogP contribution in [0, 0.1) is 0 Å². The molecule has 0 aliphatic rings. The summed E-state index contributed by atoms with van der Waals surface area (Å²) in [6.07, 6.45) is 0.426. The molecule has 0 saturated heterocycles. The van der Waals surface area contributed by atoms with Gasteiger partial charge in [-0.1, -0.05) is 47.5 Å². The highest BCUT2D eigenvalue weighted by Crippen LogP contribution is 2.32. The highest BCUT2D eigenvalue weighted by atomic mass is 35.5. The van der Waals surface area contributed by atoms with Crippen LogP contribution in [0.5, 0.6) is 11.5 Å². The summed E-state index contributed by atoms with van der Waals surface area (Å²) in [5.41, 5.74) is 3.04. The second-order valence-corrected chi connectivity index (χ2v) is 8.35. The normalized spacial score (nSPS) is 11.8. The number of methoxy groups -OCH3 is 2. The van der Waals surface area contributed by atoms with Crippen LogP contribution in [0.25, 0.3) is 22.4 Å². The summed E-state index contributed by atoms with van der Waals surface area (Å²) in [4.78, 5) is 13.1. The number of benzene rings is 3. The average molecular weight is 481 g/mol. The molecule has 33 heavy (non-hydrogen) atoms. The molecule has 4 rings (SSSR count). The average Bonchev–Trinajstić information content (AvgIpc) is 2.85. The first-order chi connectivity index (χ1) is 16.0. The van der Waals surface area contributed by atoms with Gasteiger partial charge in [0.05, 0.1) is 19.9 Å². The third kappa shape index (κ3) is 5.21. The minimum Gasteiger partial charge on any atom is -0.497 e. The van der Waals surface area contributed by atoms with Gasteiger partial charge in [0.2, 0.25) is 0 Å². The van der Waals surface area contributed by atoms with Gasteiger partial charge in [-0.15, -0.1) is 0 Å². The molecule has 4 aromatic rings. The second-order valence-electron chi connectivity index (χ2n) is 7.41. The van der Waals surface area contributed by atoms with Crippen LogP contribution in [-0.2, 0) is 6.42 Å². The van der Waals surface area contributed by atoms with E-state index in [0.29, 0.717) is 22.7 Å². The van der Waals surface area contributed by atoms with Crippen LogP contribution in [-0.4, -0.2) is 24.0 Å². The van der Waals surface area contributed by atoms with E-state index in [1.807, 2.05) is 60.7 Å². The van der Waals surface area contributed by atoms with Gasteiger partial charge in [0, 0.05) is 28.6 Å². The predicted molar refractivity (Wildman–Crippen MR) is 133 cm³/mol. The quantitative estimate of drug-likeness (QED) is 0.294. The number of nitrogens with zero attached hydrogens (tertiary/aromatic N) is 2. The molecular weight excluding hydrogens is 459 g/mol. The number of alkyl halides is 1. The van der Waals surface area contributed by atoms with Crippen LogP contribution in [0.3, 0.4) is 0 Å². The predicted octanol–water partition coefficient (Wildman–Crippen LogP) is 6.23. The van der Waals surface area contributed by atoms with Gasteiger partial charge in [-0.25, -0.2) is 4.68 Å². The first kappa shape index (κ1) is 22.9. The Bertz CT molecular complexity index is 1290. The Kier molecular flexibility index (Phi) is 7.02. The maximum absolute atomic E-state index is 13.1. The number of hydrogen-bond donors (Lipinski definition) is 0. The summed E-state index contributed by atoms with van der Waals surface area (Å²) < 4.78 is 11.9. The van der Waals surface area contributed by atoms with E-state index in [4.69, 9.17) is 37.8 Å². The van der Waals surface area contributed by atoms with Crippen molar-refractivity contribution in [1.29, 1.82) is 0 Å². The van der Waals surface area contributed by atoms with Crippen molar-refractivity contribution in [2.45, 2.75) is 11.9 Å². The monoisotopic (exact) mass is 480 g/mol. The molecule has 1 heterocycles. The van der Waals surface area contributed by atoms with Gasteiger partial charge in [-0.3, -0.25) is 4.79 Å². The first-order valence-electron chi connectivity index (χ1n) is 10.3. The van der Waals surface area contributed by atoms with Crippen molar-refractivity contribution >= 4 is 23.2 Å². The van der Waals surface area contributed by atoms with E-state index in [2.05, 4.69) is 0 Å². The van der Waals surface area contributed by atoms with Gasteiger partial charge < -0.3 is 9.47 Å². The summed E-state index contributed by atoms with van der Waals surface area (Å²) in [6.45, 7) is 0. The molecule has 0 spiro atoms. The van der Waals surface area contributed by atoms with Crippen molar-refractivity contribution in [1.82, 2.24) is 9.78 Å². The van der Waals surface area contributed by atoms with Gasteiger partial charge in [-0.2, -0.15) is 5.10 Å². The summed E-state index contributed by atoms with van der Waals surface area (Å²) in [5.74, 6) is 1.46. The Balaban J connectivity index is 1.80. The lowest BCUT2D eigenvalue weighted by Gasteiger charge is -2.17. The fraction of sp³-hybridized carbons (Fsp3) is 0.154. The zero-order valence-electron chi connectivity index (χ0n) is 18.2. The molecule has 7 heteroatoms. The van der Waals surface area contributed by atoms with Crippen LogP contribution in [0.4, 0.5) is 0 Å². The Hall–Kier alpha value is -3.28. The molecule has 1 unspecified atom stereocenters. The van der Waals surface area contributed by atoms with Crippen molar-refractivity contribution in [2.24, 2.45) is 0 Å². The lowest BCUT2D eigenvalue weighted by Crippen LogP contribution is -2.26. The summed E-state index contributed by atoms with van der Waals surface area (Å²) in [6, 6.07) is 24.0. The van der Waals surface area contributed by atoms with Crippen molar-refractivity contribution in [3.8, 4) is 33.9 Å². The molecule has 0 aliphatic heterocycles. The Morgan fingerprint density at radius 2 is 1.39 bits per heavy atom. The van der Waals surface area contributed by atoms with Gasteiger partial charge >= 0.3 is 0 Å². The zero-order valence-corrected chi connectivity index (χ0v) is 19.7. The van der Waals surface area contributed by atoms with Crippen molar-refractivity contribution in [3.05, 3.63) is 99.8 Å². The van der Waals surface area contributed by atoms with Crippen LogP contribution in [0.1, 0.15) is 11.1 Å². The lowest BCUT2D eigenvalue weighted by molar-refractivity contribution is 0.414. The SMILES string of the molecule is COc1ccc(-c2cc(=O)n(C(Cl)Cc3ccc(Cl)cc3)nc2-c2ccc(OC)cc2)cc1. The minimum atomic E-state index is -0.666. The van der Waals surface area contributed by atoms with E-state index in [9.17, 15) is 4.79 Å². The number of ether oxygens (including phenoxy) is 2. The molecule has 1 aromatic heterocycles. The summed E-state index contributed by atoms with van der Waals surface area (Å²) in [7, 11) is 3.23. The highest BCUT2D eigenvalue weighted by Gasteiger charge is 2.18. The maximum Gasteiger partial charge on any atom is 0.268 e. The Labute approximate surface area is 202 Å². The largest absolute Gasteiger partial charge is 0.497 e.